The molecule has 2 fully saturated rings. The highest BCUT2D eigenvalue weighted by molar-refractivity contribution is 7.91. The van der Waals surface area contributed by atoms with Gasteiger partial charge in [-0.2, -0.15) is 0 Å². The fraction of sp³-hybridized carbons (Fsp3) is 0.682. The molecule has 1 amide bonds. The van der Waals surface area contributed by atoms with Crippen LogP contribution in [-0.4, -0.2) is 62.5 Å². The number of ether oxygens (including phenoxy) is 1. The lowest BCUT2D eigenvalue weighted by molar-refractivity contribution is -0.124. The first kappa shape index (κ1) is 22.1. The number of benzene rings is 1. The van der Waals surface area contributed by atoms with Gasteiger partial charge in [-0.15, -0.1) is 0 Å². The van der Waals surface area contributed by atoms with Crippen molar-refractivity contribution in [2.75, 3.05) is 37.7 Å². The van der Waals surface area contributed by atoms with Gasteiger partial charge in [0.2, 0.25) is 5.91 Å². The first-order chi connectivity index (χ1) is 13.8. The van der Waals surface area contributed by atoms with E-state index in [2.05, 4.69) is 22.3 Å². The van der Waals surface area contributed by atoms with E-state index in [0.717, 1.165) is 38.1 Å². The molecule has 0 aliphatic carbocycles. The Bertz CT molecular complexity index is 786. The zero-order valence-electron chi connectivity index (χ0n) is 17.7. The maximum absolute atomic E-state index is 12.4. The summed E-state index contributed by atoms with van der Waals surface area (Å²) in [6.07, 6.45) is 4.97. The number of piperidine rings is 1. The van der Waals surface area contributed by atoms with Crippen molar-refractivity contribution in [2.45, 2.75) is 51.5 Å². The monoisotopic (exact) mass is 422 g/mol. The van der Waals surface area contributed by atoms with Crippen LogP contribution in [0.5, 0.6) is 5.75 Å². The number of hydrogen-bond donors (Lipinski definition) is 1. The van der Waals surface area contributed by atoms with Gasteiger partial charge >= 0.3 is 0 Å². The highest BCUT2D eigenvalue weighted by atomic mass is 32.2. The molecule has 7 heteroatoms. The predicted molar refractivity (Wildman–Crippen MR) is 115 cm³/mol. The highest BCUT2D eigenvalue weighted by Gasteiger charge is 2.39. The minimum absolute atomic E-state index is 0.0549. The van der Waals surface area contributed by atoms with Crippen molar-refractivity contribution in [3.63, 3.8) is 0 Å². The number of sulfone groups is 1. The molecular formula is C22H34N2O4S. The standard InChI is InChI=1S/C22H34N2O4S/c1-3-28-20-8-6-18(7-9-20)4-5-19-10-13-24(14-11-19)16-21(25)23-22(2)12-15-29(26,27)17-22/h6-9,19H,3-5,10-17H2,1-2H3,(H,23,25). The smallest absolute Gasteiger partial charge is 0.234 e. The average molecular weight is 423 g/mol. The van der Waals surface area contributed by atoms with Crippen molar-refractivity contribution in [3.05, 3.63) is 29.8 Å². The van der Waals surface area contributed by atoms with Crippen LogP contribution in [0, 0.1) is 5.92 Å². The summed E-state index contributed by atoms with van der Waals surface area (Å²) in [5.41, 5.74) is 0.737. The Balaban J connectivity index is 1.36. The van der Waals surface area contributed by atoms with Gasteiger partial charge in [0.15, 0.2) is 9.84 Å². The molecule has 162 valence electrons. The van der Waals surface area contributed by atoms with Crippen LogP contribution in [0.2, 0.25) is 0 Å². The van der Waals surface area contributed by atoms with Crippen LogP contribution in [0.25, 0.3) is 0 Å². The first-order valence-electron chi connectivity index (χ1n) is 10.7. The minimum atomic E-state index is -3.01. The molecule has 2 heterocycles. The van der Waals surface area contributed by atoms with Crippen LogP contribution < -0.4 is 10.1 Å². The summed E-state index contributed by atoms with van der Waals surface area (Å²) in [6, 6.07) is 8.37. The van der Waals surface area contributed by atoms with Gasteiger partial charge in [-0.3, -0.25) is 9.69 Å². The fourth-order valence-corrected chi connectivity index (χ4v) is 6.50. The molecule has 0 bridgehead atoms. The molecule has 29 heavy (non-hydrogen) atoms. The van der Waals surface area contributed by atoms with E-state index in [1.165, 1.54) is 12.0 Å². The van der Waals surface area contributed by atoms with E-state index in [0.29, 0.717) is 25.5 Å². The third-order valence-corrected chi connectivity index (χ3v) is 8.00. The van der Waals surface area contributed by atoms with Crippen molar-refractivity contribution in [2.24, 2.45) is 5.92 Å². The molecule has 1 aromatic carbocycles. The van der Waals surface area contributed by atoms with Crippen molar-refractivity contribution in [3.8, 4) is 5.75 Å². The number of likely N-dealkylation sites (tertiary alicyclic amines) is 1. The Kier molecular flexibility index (Phi) is 7.22. The van der Waals surface area contributed by atoms with E-state index >= 15 is 0 Å². The molecule has 3 rings (SSSR count). The van der Waals surface area contributed by atoms with Crippen LogP contribution in [-0.2, 0) is 21.1 Å². The molecule has 0 spiro atoms. The van der Waals surface area contributed by atoms with Gasteiger partial charge in [0.1, 0.15) is 5.75 Å². The van der Waals surface area contributed by atoms with E-state index < -0.39 is 15.4 Å². The second kappa shape index (κ2) is 9.47. The lowest BCUT2D eigenvalue weighted by Crippen LogP contribution is -2.51. The normalized spacial score (nSPS) is 25.0. The van der Waals surface area contributed by atoms with Gasteiger partial charge in [-0.05, 0) is 82.7 Å². The van der Waals surface area contributed by atoms with Crippen molar-refractivity contribution < 1.29 is 17.9 Å². The molecule has 1 atom stereocenters. The van der Waals surface area contributed by atoms with Crippen LogP contribution in [0.3, 0.4) is 0 Å². The molecule has 2 aliphatic rings. The quantitative estimate of drug-likeness (QED) is 0.696. The average Bonchev–Trinajstić information content (AvgIpc) is 2.95. The number of aryl methyl sites for hydroxylation is 1. The number of carbonyl (C=O) groups excluding carboxylic acids is 1. The topological polar surface area (TPSA) is 75.7 Å². The number of nitrogens with one attached hydrogen (secondary N) is 1. The molecular weight excluding hydrogens is 388 g/mol. The van der Waals surface area contributed by atoms with Crippen LogP contribution in [0.4, 0.5) is 0 Å². The number of nitrogens with zero attached hydrogens (tertiary/aromatic N) is 1. The fourth-order valence-electron chi connectivity index (χ4n) is 4.41. The molecule has 1 aromatic rings. The first-order valence-corrected chi connectivity index (χ1v) is 12.5. The molecule has 1 N–H and O–H groups in total. The summed E-state index contributed by atoms with van der Waals surface area (Å²) in [6.45, 7) is 6.73. The van der Waals surface area contributed by atoms with Crippen molar-refractivity contribution in [1.82, 2.24) is 10.2 Å². The second-order valence-corrected chi connectivity index (χ2v) is 11.0. The zero-order valence-corrected chi connectivity index (χ0v) is 18.5. The highest BCUT2D eigenvalue weighted by Crippen LogP contribution is 2.24. The zero-order chi connectivity index (χ0) is 20.9. The SMILES string of the molecule is CCOc1ccc(CCC2CCN(CC(=O)NC3(C)CCS(=O)(=O)C3)CC2)cc1. The molecule has 0 radical (unpaired) electrons. The number of carbonyl (C=O) groups is 1. The molecule has 0 saturated carbocycles. The van der Waals surface area contributed by atoms with Gasteiger partial charge in [-0.1, -0.05) is 12.1 Å². The van der Waals surface area contributed by atoms with Crippen LogP contribution in [0.15, 0.2) is 24.3 Å². The van der Waals surface area contributed by atoms with Gasteiger partial charge in [0.05, 0.1) is 30.2 Å². The number of hydrogen-bond acceptors (Lipinski definition) is 5. The van der Waals surface area contributed by atoms with Gasteiger partial charge in [-0.25, -0.2) is 8.42 Å². The van der Waals surface area contributed by atoms with E-state index in [9.17, 15) is 13.2 Å². The second-order valence-electron chi connectivity index (χ2n) is 8.79. The van der Waals surface area contributed by atoms with E-state index in [1.807, 2.05) is 26.0 Å². The Morgan fingerprint density at radius 1 is 1.24 bits per heavy atom. The van der Waals surface area contributed by atoms with E-state index in [4.69, 9.17) is 4.74 Å². The summed E-state index contributed by atoms with van der Waals surface area (Å²) in [4.78, 5) is 14.6. The summed E-state index contributed by atoms with van der Waals surface area (Å²) in [5.74, 6) is 1.78. The predicted octanol–water partition coefficient (Wildman–Crippen LogP) is 2.42. The molecule has 1 unspecified atom stereocenters. The largest absolute Gasteiger partial charge is 0.494 e. The Morgan fingerprint density at radius 3 is 2.52 bits per heavy atom. The molecule has 6 nitrogen and oxygen atoms in total. The lowest BCUT2D eigenvalue weighted by atomic mass is 9.90. The number of rotatable bonds is 8. The van der Waals surface area contributed by atoms with E-state index in [1.54, 1.807) is 0 Å². The van der Waals surface area contributed by atoms with Gasteiger partial charge in [0.25, 0.3) is 0 Å². The van der Waals surface area contributed by atoms with Crippen LogP contribution in [0.1, 0.15) is 45.1 Å². The lowest BCUT2D eigenvalue weighted by Gasteiger charge is -2.32. The maximum Gasteiger partial charge on any atom is 0.234 e. The molecule has 2 aliphatic heterocycles. The van der Waals surface area contributed by atoms with Crippen molar-refractivity contribution >= 4 is 15.7 Å². The third kappa shape index (κ3) is 6.71. The van der Waals surface area contributed by atoms with Crippen LogP contribution >= 0.6 is 0 Å². The minimum Gasteiger partial charge on any atom is -0.494 e. The molecule has 0 aromatic heterocycles. The summed E-state index contributed by atoms with van der Waals surface area (Å²) in [7, 11) is -3.01. The summed E-state index contributed by atoms with van der Waals surface area (Å²) < 4.78 is 28.9. The van der Waals surface area contributed by atoms with E-state index in [-0.39, 0.29) is 17.4 Å². The maximum atomic E-state index is 12.4. The third-order valence-electron chi connectivity index (χ3n) is 6.09. The van der Waals surface area contributed by atoms with Crippen molar-refractivity contribution in [1.29, 1.82) is 0 Å². The Morgan fingerprint density at radius 2 is 1.93 bits per heavy atom. The van der Waals surface area contributed by atoms with Gasteiger partial charge < -0.3 is 10.1 Å². The van der Waals surface area contributed by atoms with Gasteiger partial charge in [0, 0.05) is 0 Å². The molecule has 2 saturated heterocycles. The Hall–Kier alpha value is -1.60. The summed E-state index contributed by atoms with van der Waals surface area (Å²) in [5, 5.41) is 2.96. The Labute approximate surface area is 174 Å². The number of amides is 1. The summed E-state index contributed by atoms with van der Waals surface area (Å²) >= 11 is 0.